The summed E-state index contributed by atoms with van der Waals surface area (Å²) >= 11 is 0. The average molecular weight is 240 g/mol. The Labute approximate surface area is 106 Å². The number of nitrogens with zero attached hydrogens (tertiary/aromatic N) is 2. The number of ether oxygens (including phenoxy) is 1. The maximum Gasteiger partial charge on any atom is 0.426 e. The van der Waals surface area contributed by atoms with Gasteiger partial charge in [-0.3, -0.25) is 0 Å². The number of diazo groups is 1. The Hall–Kier alpha value is -2.54. The van der Waals surface area contributed by atoms with Crippen LogP contribution in [0.1, 0.15) is 5.56 Å². The van der Waals surface area contributed by atoms with E-state index in [1.165, 1.54) is 0 Å². The molecule has 0 heterocycles. The quantitative estimate of drug-likeness (QED) is 0.816. The van der Waals surface area contributed by atoms with Crippen molar-refractivity contribution in [2.45, 2.75) is 6.92 Å². The van der Waals surface area contributed by atoms with Gasteiger partial charge in [-0.05, 0) is 24.6 Å². The fourth-order valence-corrected chi connectivity index (χ4v) is 1.73. The van der Waals surface area contributed by atoms with E-state index in [4.69, 9.17) is 10.1 Å². The second-order valence-corrected chi connectivity index (χ2v) is 3.93. The first kappa shape index (κ1) is 11.9. The average Bonchev–Trinajstić information content (AvgIpc) is 2.41. The molecule has 0 radical (unpaired) electrons. The lowest BCUT2D eigenvalue weighted by Crippen LogP contribution is -1.94. The molecule has 4 nitrogen and oxygen atoms in total. The summed E-state index contributed by atoms with van der Waals surface area (Å²) in [6.45, 7) is 1.94. The third-order valence-corrected chi connectivity index (χ3v) is 2.69. The van der Waals surface area contributed by atoms with Crippen LogP contribution in [0.15, 0.2) is 42.5 Å². The maximum absolute atomic E-state index is 8.88. The molecular formula is C14H14N3O+. The van der Waals surface area contributed by atoms with Gasteiger partial charge in [0.05, 0.1) is 7.11 Å². The predicted octanol–water partition coefficient (Wildman–Crippen LogP) is 4.23. The lowest BCUT2D eigenvalue weighted by Gasteiger charge is -2.09. The highest BCUT2D eigenvalue weighted by Gasteiger charge is 2.17. The molecule has 4 heteroatoms. The van der Waals surface area contributed by atoms with E-state index < -0.39 is 0 Å². The minimum absolute atomic E-state index is 0.425. The van der Waals surface area contributed by atoms with E-state index in [2.05, 4.69) is 10.3 Å². The molecule has 2 rings (SSSR count). The smallest absolute Gasteiger partial charge is 0.426 e. The van der Waals surface area contributed by atoms with Crippen LogP contribution in [0.25, 0.3) is 4.98 Å². The Morgan fingerprint density at radius 3 is 2.50 bits per heavy atom. The van der Waals surface area contributed by atoms with Gasteiger partial charge in [-0.2, -0.15) is 0 Å². The van der Waals surface area contributed by atoms with Crippen LogP contribution in [0.2, 0.25) is 0 Å². The van der Waals surface area contributed by atoms with E-state index in [0.29, 0.717) is 11.4 Å². The zero-order valence-corrected chi connectivity index (χ0v) is 10.3. The molecule has 90 valence electrons. The predicted molar refractivity (Wildman–Crippen MR) is 72.2 cm³/mol. The van der Waals surface area contributed by atoms with E-state index in [-0.39, 0.29) is 0 Å². The minimum atomic E-state index is 0.425. The van der Waals surface area contributed by atoms with E-state index in [1.807, 2.05) is 43.3 Å². The molecule has 0 aliphatic carbocycles. The van der Waals surface area contributed by atoms with E-state index >= 15 is 0 Å². The fourth-order valence-electron chi connectivity index (χ4n) is 1.73. The molecule has 0 saturated carbocycles. The fraction of sp³-hybridized carbons (Fsp3) is 0.143. The lowest BCUT2D eigenvalue weighted by atomic mass is 10.1. The van der Waals surface area contributed by atoms with Crippen LogP contribution in [0.3, 0.4) is 0 Å². The van der Waals surface area contributed by atoms with Crippen molar-refractivity contribution >= 4 is 17.1 Å². The number of methoxy groups -OCH3 is 1. The molecular weight excluding hydrogens is 226 g/mol. The van der Waals surface area contributed by atoms with Crippen LogP contribution in [-0.2, 0) is 0 Å². The third kappa shape index (κ3) is 2.41. The molecule has 2 aromatic rings. The van der Waals surface area contributed by atoms with Crippen molar-refractivity contribution in [1.29, 1.82) is 5.39 Å². The number of rotatable bonds is 3. The highest BCUT2D eigenvalue weighted by atomic mass is 16.5. The summed E-state index contributed by atoms with van der Waals surface area (Å²) in [6.07, 6.45) is 0. The topological polar surface area (TPSA) is 49.4 Å². The Kier molecular flexibility index (Phi) is 3.44. The number of para-hydroxylation sites is 1. The number of nitrogens with one attached hydrogen (secondary N) is 1. The van der Waals surface area contributed by atoms with Crippen LogP contribution in [-0.4, -0.2) is 7.11 Å². The Morgan fingerprint density at radius 2 is 1.89 bits per heavy atom. The summed E-state index contributed by atoms with van der Waals surface area (Å²) in [5.74, 6) is 0.529. The Balaban J connectivity index is 2.37. The van der Waals surface area contributed by atoms with Crippen molar-refractivity contribution in [3.05, 3.63) is 53.0 Å². The first-order valence-electron chi connectivity index (χ1n) is 5.60. The summed E-state index contributed by atoms with van der Waals surface area (Å²) in [7, 11) is 1.55. The normalized spacial score (nSPS) is 9.61. The first-order valence-corrected chi connectivity index (χ1v) is 5.60. The monoisotopic (exact) mass is 240 g/mol. The van der Waals surface area contributed by atoms with Gasteiger partial charge in [-0.25, -0.2) is 0 Å². The largest absolute Gasteiger partial charge is 0.489 e. The summed E-state index contributed by atoms with van der Waals surface area (Å²) in [6, 6.07) is 13.4. The Bertz CT molecular complexity index is 588. The lowest BCUT2D eigenvalue weighted by molar-refractivity contribution is 0.417. The van der Waals surface area contributed by atoms with Gasteiger partial charge in [0.25, 0.3) is 0 Å². The molecule has 0 aliphatic rings. The van der Waals surface area contributed by atoms with Crippen molar-refractivity contribution < 1.29 is 4.74 Å². The van der Waals surface area contributed by atoms with Gasteiger partial charge in [0.1, 0.15) is 0 Å². The van der Waals surface area contributed by atoms with Crippen molar-refractivity contribution in [2.75, 3.05) is 12.4 Å². The van der Waals surface area contributed by atoms with Gasteiger partial charge in [0.2, 0.25) is 11.1 Å². The second-order valence-electron chi connectivity index (χ2n) is 3.93. The van der Waals surface area contributed by atoms with Crippen LogP contribution < -0.4 is 10.1 Å². The number of benzene rings is 2. The molecule has 0 bridgehead atoms. The highest BCUT2D eigenvalue weighted by Crippen LogP contribution is 2.34. The summed E-state index contributed by atoms with van der Waals surface area (Å²) in [4.78, 5) is 3.20. The highest BCUT2D eigenvalue weighted by molar-refractivity contribution is 5.71. The zero-order valence-electron chi connectivity index (χ0n) is 10.3. The van der Waals surface area contributed by atoms with Gasteiger partial charge in [0, 0.05) is 23.5 Å². The molecule has 0 atom stereocenters. The van der Waals surface area contributed by atoms with E-state index in [1.54, 1.807) is 13.2 Å². The van der Waals surface area contributed by atoms with Crippen molar-refractivity contribution in [3.63, 3.8) is 0 Å². The molecule has 0 aliphatic heterocycles. The number of hydrogen-bond donors (Lipinski definition) is 1. The van der Waals surface area contributed by atoms with Crippen LogP contribution in [0.4, 0.5) is 17.1 Å². The summed E-state index contributed by atoms with van der Waals surface area (Å²) in [5, 5.41) is 12.2. The number of aryl methyl sites for hydroxylation is 1. The standard InChI is InChI=1S/C14H14N3O/c1-10-8-13(17-15)14(18-2)9-12(10)16-11-6-4-3-5-7-11/h3-9,16H,1-2H3/q+1. The van der Waals surface area contributed by atoms with Gasteiger partial charge in [-0.1, -0.05) is 18.2 Å². The molecule has 18 heavy (non-hydrogen) atoms. The van der Waals surface area contributed by atoms with Gasteiger partial charge >= 0.3 is 5.69 Å². The van der Waals surface area contributed by atoms with Gasteiger partial charge in [-0.15, -0.1) is 0 Å². The molecule has 0 spiro atoms. The molecule has 2 aromatic carbocycles. The van der Waals surface area contributed by atoms with Crippen molar-refractivity contribution in [3.8, 4) is 5.75 Å². The maximum atomic E-state index is 8.88. The molecule has 1 N–H and O–H groups in total. The van der Waals surface area contributed by atoms with Crippen molar-refractivity contribution in [1.82, 2.24) is 0 Å². The molecule has 0 saturated heterocycles. The third-order valence-electron chi connectivity index (χ3n) is 2.69. The van der Waals surface area contributed by atoms with E-state index in [9.17, 15) is 0 Å². The Morgan fingerprint density at radius 1 is 1.17 bits per heavy atom. The molecule has 0 amide bonds. The number of hydrogen-bond acceptors (Lipinski definition) is 3. The SMILES string of the molecule is COc1cc(Nc2ccccc2)c(C)cc1[N+]#N. The number of anilines is 2. The summed E-state index contributed by atoms with van der Waals surface area (Å²) < 4.78 is 5.18. The molecule has 0 fully saturated rings. The van der Waals surface area contributed by atoms with Crippen LogP contribution >= 0.6 is 0 Å². The second kappa shape index (κ2) is 5.19. The van der Waals surface area contributed by atoms with Crippen LogP contribution in [0.5, 0.6) is 5.75 Å². The van der Waals surface area contributed by atoms with Crippen molar-refractivity contribution in [2.24, 2.45) is 0 Å². The van der Waals surface area contributed by atoms with Gasteiger partial charge < -0.3 is 10.1 Å². The zero-order chi connectivity index (χ0) is 13.0. The van der Waals surface area contributed by atoms with Crippen LogP contribution in [0, 0.1) is 12.3 Å². The minimum Gasteiger partial charge on any atom is -0.489 e. The molecule has 0 aromatic heterocycles. The summed E-state index contributed by atoms with van der Waals surface area (Å²) in [5.41, 5.74) is 3.32. The molecule has 0 unspecified atom stereocenters. The van der Waals surface area contributed by atoms with Gasteiger partial charge in [0.15, 0.2) is 4.98 Å². The van der Waals surface area contributed by atoms with E-state index in [0.717, 1.165) is 16.9 Å². The first-order chi connectivity index (χ1) is 8.74.